The second-order valence-electron chi connectivity index (χ2n) is 4.55. The first-order valence-corrected chi connectivity index (χ1v) is 8.67. The first-order valence-electron chi connectivity index (χ1n) is 6.08. The quantitative estimate of drug-likeness (QED) is 0.590. The molecule has 0 spiro atoms. The zero-order chi connectivity index (χ0) is 15.6. The van der Waals surface area contributed by atoms with Crippen LogP contribution in [0.25, 0.3) is 0 Å². The molecule has 112 valence electrons. The van der Waals surface area contributed by atoms with E-state index in [0.29, 0.717) is 22.6 Å². The fourth-order valence-corrected chi connectivity index (χ4v) is 3.17. The largest absolute Gasteiger partial charge is 0.508 e. The normalized spacial score (nSPS) is 11.2. The highest BCUT2D eigenvalue weighted by atomic mass is 32.7. The molecule has 0 atom stereocenters. The highest BCUT2D eigenvalue weighted by Crippen LogP contribution is 2.55. The molecule has 0 heterocycles. The van der Waals surface area contributed by atoms with E-state index >= 15 is 0 Å². The molecule has 2 aromatic carbocycles. The van der Waals surface area contributed by atoms with Gasteiger partial charge in [-0.15, -0.1) is 0 Å². The van der Waals surface area contributed by atoms with E-state index in [4.69, 9.17) is 21.3 Å². The maximum atomic E-state index is 10.2. The van der Waals surface area contributed by atoms with E-state index in [9.17, 15) is 15.1 Å². The smallest absolute Gasteiger partial charge is 0.379 e. The molecule has 2 rings (SSSR count). The van der Waals surface area contributed by atoms with Gasteiger partial charge in [-0.2, -0.15) is 4.89 Å². The molecule has 0 unspecified atom stereocenters. The van der Waals surface area contributed by atoms with Crippen molar-refractivity contribution in [1.29, 1.82) is 0 Å². The average Bonchev–Trinajstić information content (AvgIpc) is 2.36. The molecule has 0 aromatic heterocycles. The lowest BCUT2D eigenvalue weighted by Gasteiger charge is -2.23. The van der Waals surface area contributed by atoms with Crippen LogP contribution in [0.4, 0.5) is 0 Å². The van der Waals surface area contributed by atoms with Gasteiger partial charge in [0.05, 0.1) is 0 Å². The summed E-state index contributed by atoms with van der Waals surface area (Å²) in [7, 11) is -3.55. The summed E-state index contributed by atoms with van der Waals surface area (Å²) in [5.41, 5.74) is 1.26. The fourth-order valence-electron chi connectivity index (χ4n) is 1.74. The summed E-state index contributed by atoms with van der Waals surface area (Å²) in [6.07, 6.45) is 0. The Morgan fingerprint density at radius 1 is 0.857 bits per heavy atom. The van der Waals surface area contributed by atoms with Gasteiger partial charge in [0.25, 0.3) is 0 Å². The Hall–Kier alpha value is -1.62. The Morgan fingerprint density at radius 3 is 1.57 bits per heavy atom. The van der Waals surface area contributed by atoms with E-state index in [-0.39, 0.29) is 11.5 Å². The van der Waals surface area contributed by atoms with Crippen molar-refractivity contribution in [3.8, 4) is 23.0 Å². The molecule has 3 N–H and O–H groups in total. The van der Waals surface area contributed by atoms with Gasteiger partial charge >= 0.3 is 7.15 Å². The number of phenols is 2. The Labute approximate surface area is 128 Å². The second-order valence-corrected chi connectivity index (χ2v) is 7.24. The van der Waals surface area contributed by atoms with Gasteiger partial charge < -0.3 is 31.5 Å². The fraction of sp³-hybridized carbons (Fsp3) is 0.143. The molecule has 0 fully saturated rings. The van der Waals surface area contributed by atoms with Crippen molar-refractivity contribution in [2.75, 3.05) is 0 Å². The van der Waals surface area contributed by atoms with E-state index in [1.807, 2.05) is 0 Å². The van der Waals surface area contributed by atoms with Crippen molar-refractivity contribution in [2.45, 2.75) is 13.8 Å². The van der Waals surface area contributed by atoms with Gasteiger partial charge in [-0.25, -0.2) is 0 Å². The summed E-state index contributed by atoms with van der Waals surface area (Å²) >= 11 is 4.99. The average molecular weight is 326 g/mol. The number of benzene rings is 2. The molecule has 5 nitrogen and oxygen atoms in total. The first kappa shape index (κ1) is 15.8. The minimum atomic E-state index is -3.55. The van der Waals surface area contributed by atoms with Crippen molar-refractivity contribution in [2.24, 2.45) is 0 Å². The molecule has 0 saturated carbocycles. The van der Waals surface area contributed by atoms with Crippen molar-refractivity contribution >= 4 is 19.4 Å². The van der Waals surface area contributed by atoms with Crippen molar-refractivity contribution in [1.82, 2.24) is 0 Å². The Bertz CT molecular complexity index is 604. The Morgan fingerprint density at radius 2 is 1.24 bits per heavy atom. The first-order chi connectivity index (χ1) is 9.77. The molecule has 0 bridgehead atoms. The van der Waals surface area contributed by atoms with Crippen LogP contribution in [-0.4, -0.2) is 15.1 Å². The van der Waals surface area contributed by atoms with Crippen LogP contribution in [-0.2, 0) is 12.2 Å². The maximum Gasteiger partial charge on any atom is 0.379 e. The van der Waals surface area contributed by atoms with Gasteiger partial charge in [0.1, 0.15) is 11.5 Å². The van der Waals surface area contributed by atoms with Gasteiger partial charge in [-0.05, 0) is 50.2 Å². The van der Waals surface area contributed by atoms with Crippen molar-refractivity contribution in [3.05, 3.63) is 47.5 Å². The molecule has 7 heteroatoms. The minimum absolute atomic E-state index is 0.0985. The van der Waals surface area contributed by atoms with E-state index in [1.54, 1.807) is 13.8 Å². The standard InChI is InChI=1S/C14H15O5PS/c1-9-7-11(15)3-5-13(9)18-20(17,21)19-14-6-4-12(16)8-10(14)2/h3-8,15-16H,1-2H3,(H,17,21). The number of aryl methyl sites for hydroxylation is 2. The molecule has 2 aromatic rings. The third-order valence-corrected chi connectivity index (χ3v) is 4.05. The zero-order valence-electron chi connectivity index (χ0n) is 11.5. The van der Waals surface area contributed by atoms with Crippen LogP contribution in [0.2, 0.25) is 0 Å². The summed E-state index contributed by atoms with van der Waals surface area (Å²) < 4.78 is 10.7. The van der Waals surface area contributed by atoms with E-state index < -0.39 is 7.15 Å². The van der Waals surface area contributed by atoms with Gasteiger partial charge in [0, 0.05) is 11.1 Å². The molecular weight excluding hydrogens is 311 g/mol. The highest BCUT2D eigenvalue weighted by Gasteiger charge is 2.28. The van der Waals surface area contributed by atoms with Crippen LogP contribution in [0.3, 0.4) is 0 Å². The second kappa shape index (κ2) is 6.02. The van der Waals surface area contributed by atoms with E-state index in [0.717, 1.165) is 0 Å². The predicted octanol–water partition coefficient (Wildman–Crippen LogP) is 3.39. The Kier molecular flexibility index (Phi) is 4.52. The van der Waals surface area contributed by atoms with Crippen LogP contribution in [0.5, 0.6) is 23.0 Å². The summed E-state index contributed by atoms with van der Waals surface area (Å²) in [5.74, 6) is 0.882. The molecule has 0 saturated heterocycles. The monoisotopic (exact) mass is 326 g/mol. The maximum absolute atomic E-state index is 10.2. The number of rotatable bonds is 4. The number of phenolic OH excluding ortho intramolecular Hbond substituents is 2. The minimum Gasteiger partial charge on any atom is -0.508 e. The zero-order valence-corrected chi connectivity index (χ0v) is 13.2. The van der Waals surface area contributed by atoms with Crippen LogP contribution in [0.15, 0.2) is 36.4 Å². The molecule has 0 amide bonds. The number of hydrogen-bond donors (Lipinski definition) is 3. The lowest BCUT2D eigenvalue weighted by Crippen LogP contribution is -2.06. The number of aromatic hydroxyl groups is 2. The number of hydrogen-bond acceptors (Lipinski definition) is 6. The molecule has 0 aliphatic rings. The van der Waals surface area contributed by atoms with Crippen molar-refractivity contribution in [3.63, 3.8) is 0 Å². The summed E-state index contributed by atoms with van der Waals surface area (Å²) in [6, 6.07) is 8.88. The van der Waals surface area contributed by atoms with E-state index in [2.05, 4.69) is 0 Å². The van der Waals surface area contributed by atoms with Crippen LogP contribution in [0.1, 0.15) is 11.1 Å². The molecule has 0 aliphatic carbocycles. The van der Waals surface area contributed by atoms with Crippen molar-refractivity contribution < 1.29 is 24.2 Å². The SMILES string of the molecule is Cc1cc(O)ccc1O[P+](O)([S-])Oc1ccc(O)cc1C. The van der Waals surface area contributed by atoms with Gasteiger partial charge in [-0.1, -0.05) is 0 Å². The molecule has 0 radical (unpaired) electrons. The molecule has 0 aliphatic heterocycles. The summed E-state index contributed by atoms with van der Waals surface area (Å²) in [4.78, 5) is 10.2. The Balaban J connectivity index is 2.18. The summed E-state index contributed by atoms with van der Waals surface area (Å²) in [6.45, 7) is 3.44. The van der Waals surface area contributed by atoms with Gasteiger partial charge in [0.15, 0.2) is 11.5 Å². The highest BCUT2D eigenvalue weighted by molar-refractivity contribution is 8.35. The molecular formula is C14H15O5PS. The molecule has 21 heavy (non-hydrogen) atoms. The van der Waals surface area contributed by atoms with E-state index in [1.165, 1.54) is 36.4 Å². The van der Waals surface area contributed by atoms with Crippen LogP contribution in [0, 0.1) is 13.8 Å². The van der Waals surface area contributed by atoms with Crippen LogP contribution < -0.4 is 9.05 Å². The lowest BCUT2D eigenvalue weighted by molar-refractivity contribution is 0.369. The van der Waals surface area contributed by atoms with Gasteiger partial charge in [-0.3, -0.25) is 0 Å². The van der Waals surface area contributed by atoms with Crippen LogP contribution >= 0.6 is 7.15 Å². The van der Waals surface area contributed by atoms with Gasteiger partial charge in [0.2, 0.25) is 0 Å². The topological polar surface area (TPSA) is 79.2 Å². The third kappa shape index (κ3) is 4.17. The predicted molar refractivity (Wildman–Crippen MR) is 83.4 cm³/mol. The lowest BCUT2D eigenvalue weighted by atomic mass is 10.2. The third-order valence-electron chi connectivity index (χ3n) is 2.74. The summed E-state index contributed by atoms with van der Waals surface area (Å²) in [5, 5.41) is 18.7.